The number of anilines is 1. The predicted molar refractivity (Wildman–Crippen MR) is 119 cm³/mol. The van der Waals surface area contributed by atoms with Crippen LogP contribution < -0.4 is 19.7 Å². The van der Waals surface area contributed by atoms with Gasteiger partial charge in [-0.2, -0.15) is 13.2 Å². The van der Waals surface area contributed by atoms with Crippen LogP contribution in [0.15, 0.2) is 36.4 Å². The average molecular weight is 481 g/mol. The van der Waals surface area contributed by atoms with Crippen LogP contribution in [0.25, 0.3) is 0 Å². The minimum Gasteiger partial charge on any atom is -0.497 e. The monoisotopic (exact) mass is 481 g/mol. The third-order valence-electron chi connectivity index (χ3n) is 5.97. The van der Waals surface area contributed by atoms with Crippen LogP contribution >= 0.6 is 0 Å². The van der Waals surface area contributed by atoms with Crippen LogP contribution in [0, 0.1) is 16.0 Å². The minimum absolute atomic E-state index is 0.117. The number of rotatable bonds is 7. The number of hydrogen-bond donors (Lipinski definition) is 1. The zero-order chi connectivity index (χ0) is 25.0. The van der Waals surface area contributed by atoms with Crippen molar-refractivity contribution in [3.05, 3.63) is 57.6 Å². The van der Waals surface area contributed by atoms with Gasteiger partial charge < -0.3 is 19.7 Å². The fraction of sp³-hybridized carbons (Fsp3) is 0.435. The van der Waals surface area contributed by atoms with Crippen molar-refractivity contribution < 1.29 is 32.4 Å². The zero-order valence-corrected chi connectivity index (χ0v) is 19.0. The normalized spacial score (nSPS) is 15.5. The van der Waals surface area contributed by atoms with Gasteiger partial charge in [-0.05, 0) is 50.1 Å². The van der Waals surface area contributed by atoms with Gasteiger partial charge in [0.05, 0.1) is 30.7 Å². The van der Waals surface area contributed by atoms with Gasteiger partial charge in [0.1, 0.15) is 17.2 Å². The summed E-state index contributed by atoms with van der Waals surface area (Å²) in [5.41, 5.74) is -0.796. The Labute approximate surface area is 194 Å². The van der Waals surface area contributed by atoms with E-state index in [0.717, 1.165) is 17.7 Å². The fourth-order valence-corrected chi connectivity index (χ4v) is 4.08. The molecule has 1 aliphatic rings. The number of nitrogens with one attached hydrogen (secondary N) is 1. The van der Waals surface area contributed by atoms with E-state index in [1.807, 2.05) is 6.92 Å². The third-order valence-corrected chi connectivity index (χ3v) is 5.97. The number of carbonyl (C=O) groups excluding carboxylic acids is 1. The van der Waals surface area contributed by atoms with E-state index in [1.54, 1.807) is 30.2 Å². The van der Waals surface area contributed by atoms with Gasteiger partial charge in [0.25, 0.3) is 5.69 Å². The Hall–Kier alpha value is -3.50. The average Bonchev–Trinajstić information content (AvgIpc) is 2.82. The topological polar surface area (TPSA) is 93.9 Å². The molecule has 1 heterocycles. The van der Waals surface area contributed by atoms with Crippen molar-refractivity contribution >= 4 is 17.3 Å². The van der Waals surface area contributed by atoms with Gasteiger partial charge in [-0.3, -0.25) is 14.9 Å². The van der Waals surface area contributed by atoms with Crippen LogP contribution in [0.4, 0.5) is 24.5 Å². The molecule has 1 saturated heterocycles. The highest BCUT2D eigenvalue weighted by atomic mass is 19.4. The van der Waals surface area contributed by atoms with Crippen LogP contribution in [0.3, 0.4) is 0 Å². The number of nitrogens with zero attached hydrogens (tertiary/aromatic N) is 2. The first kappa shape index (κ1) is 25.1. The number of alkyl halides is 3. The Morgan fingerprint density at radius 2 is 1.82 bits per heavy atom. The number of ether oxygens (including phenoxy) is 2. The third kappa shape index (κ3) is 5.52. The molecule has 11 heteroatoms. The molecule has 0 saturated carbocycles. The van der Waals surface area contributed by atoms with E-state index in [2.05, 4.69) is 5.32 Å². The highest BCUT2D eigenvalue weighted by Gasteiger charge is 2.35. The summed E-state index contributed by atoms with van der Waals surface area (Å²) in [6, 6.07) is 7.46. The molecule has 1 atom stereocenters. The molecule has 1 N–H and O–H groups in total. The van der Waals surface area contributed by atoms with Crippen LogP contribution in [0.5, 0.6) is 11.5 Å². The number of benzene rings is 2. The van der Waals surface area contributed by atoms with Crippen LogP contribution in [0.1, 0.15) is 36.9 Å². The lowest BCUT2D eigenvalue weighted by Gasteiger charge is -2.33. The first-order valence-corrected chi connectivity index (χ1v) is 10.7. The first-order valence-electron chi connectivity index (χ1n) is 10.7. The van der Waals surface area contributed by atoms with Crippen LogP contribution in [-0.2, 0) is 11.0 Å². The summed E-state index contributed by atoms with van der Waals surface area (Å²) >= 11 is 0. The van der Waals surface area contributed by atoms with E-state index in [0.29, 0.717) is 43.5 Å². The number of piperidine rings is 1. The lowest BCUT2D eigenvalue weighted by molar-refractivity contribution is -0.384. The van der Waals surface area contributed by atoms with E-state index in [9.17, 15) is 28.1 Å². The second-order valence-corrected chi connectivity index (χ2v) is 8.06. The van der Waals surface area contributed by atoms with E-state index in [4.69, 9.17) is 9.47 Å². The molecule has 1 aliphatic heterocycles. The fourth-order valence-electron chi connectivity index (χ4n) is 4.08. The summed E-state index contributed by atoms with van der Waals surface area (Å²) in [4.78, 5) is 25.1. The van der Waals surface area contributed by atoms with E-state index < -0.39 is 22.4 Å². The first-order chi connectivity index (χ1) is 16.0. The maximum Gasteiger partial charge on any atom is 0.416 e. The predicted octanol–water partition coefficient (Wildman–Crippen LogP) is 4.72. The Morgan fingerprint density at radius 3 is 2.38 bits per heavy atom. The lowest BCUT2D eigenvalue weighted by Crippen LogP contribution is -2.41. The molecule has 0 aliphatic carbocycles. The number of hydrogen-bond acceptors (Lipinski definition) is 6. The highest BCUT2D eigenvalue weighted by Crippen LogP contribution is 2.38. The van der Waals surface area contributed by atoms with Gasteiger partial charge >= 0.3 is 6.18 Å². The van der Waals surface area contributed by atoms with Gasteiger partial charge in [0.15, 0.2) is 0 Å². The Morgan fingerprint density at radius 1 is 1.15 bits per heavy atom. The molecule has 0 aromatic heterocycles. The van der Waals surface area contributed by atoms with E-state index in [-0.39, 0.29) is 23.6 Å². The Bertz CT molecular complexity index is 1050. The van der Waals surface area contributed by atoms with Crippen LogP contribution in [-0.4, -0.2) is 38.1 Å². The van der Waals surface area contributed by atoms with Crippen LogP contribution in [0.2, 0.25) is 0 Å². The molecule has 0 bridgehead atoms. The summed E-state index contributed by atoms with van der Waals surface area (Å²) in [5.74, 6) is 0.740. The standard InChI is InChI=1S/C23H26F3N3O5/c1-14(18-13-17(33-2)5-7-21(18)34-3)27-22(30)15-8-10-28(11-9-15)19-6-4-16(23(24,25)26)12-20(19)29(31)32/h4-7,12-15H,8-11H2,1-3H3,(H,27,30)/t14-/m1/s1. The van der Waals surface area contributed by atoms with Crippen molar-refractivity contribution in [2.45, 2.75) is 32.0 Å². The molecule has 0 spiro atoms. The Balaban J connectivity index is 1.67. The molecule has 2 aromatic rings. The number of nitro benzene ring substituents is 1. The largest absolute Gasteiger partial charge is 0.497 e. The quantitative estimate of drug-likeness (QED) is 0.454. The second kappa shape index (κ2) is 10.2. The molecule has 34 heavy (non-hydrogen) atoms. The van der Waals surface area contributed by atoms with Crippen molar-refractivity contribution in [1.29, 1.82) is 0 Å². The molecule has 1 fully saturated rings. The summed E-state index contributed by atoms with van der Waals surface area (Å²) in [6.45, 7) is 2.44. The molecule has 3 rings (SSSR count). The minimum atomic E-state index is -4.67. The molecule has 184 valence electrons. The summed E-state index contributed by atoms with van der Waals surface area (Å²) < 4.78 is 49.5. The Kier molecular flexibility index (Phi) is 7.53. The van der Waals surface area contributed by atoms with Gasteiger partial charge in [0, 0.05) is 30.6 Å². The van der Waals surface area contributed by atoms with Crippen molar-refractivity contribution in [2.75, 3.05) is 32.2 Å². The zero-order valence-electron chi connectivity index (χ0n) is 19.0. The number of carbonyl (C=O) groups is 1. The van der Waals surface area contributed by atoms with E-state index in [1.165, 1.54) is 7.11 Å². The molecule has 0 unspecified atom stereocenters. The van der Waals surface area contributed by atoms with Gasteiger partial charge in [-0.15, -0.1) is 0 Å². The van der Waals surface area contributed by atoms with E-state index >= 15 is 0 Å². The lowest BCUT2D eigenvalue weighted by atomic mass is 9.94. The molecular weight excluding hydrogens is 455 g/mol. The summed E-state index contributed by atoms with van der Waals surface area (Å²) in [5, 5.41) is 14.4. The second-order valence-electron chi connectivity index (χ2n) is 8.06. The van der Waals surface area contributed by atoms with Crippen molar-refractivity contribution in [3.63, 3.8) is 0 Å². The number of halogens is 3. The van der Waals surface area contributed by atoms with Gasteiger partial charge in [0.2, 0.25) is 5.91 Å². The van der Waals surface area contributed by atoms with Crippen molar-refractivity contribution in [2.24, 2.45) is 5.92 Å². The molecule has 8 nitrogen and oxygen atoms in total. The maximum atomic E-state index is 13.0. The molecular formula is C23H26F3N3O5. The van der Waals surface area contributed by atoms with Gasteiger partial charge in [-0.1, -0.05) is 0 Å². The smallest absolute Gasteiger partial charge is 0.416 e. The number of methoxy groups -OCH3 is 2. The van der Waals surface area contributed by atoms with Gasteiger partial charge in [-0.25, -0.2) is 0 Å². The molecule has 2 aromatic carbocycles. The summed E-state index contributed by atoms with van der Waals surface area (Å²) in [6.07, 6.45) is -3.85. The molecule has 1 amide bonds. The summed E-state index contributed by atoms with van der Waals surface area (Å²) in [7, 11) is 3.08. The number of amides is 1. The highest BCUT2D eigenvalue weighted by molar-refractivity contribution is 5.79. The van der Waals surface area contributed by atoms with Crippen molar-refractivity contribution in [1.82, 2.24) is 5.32 Å². The molecule has 0 radical (unpaired) electrons. The SMILES string of the molecule is COc1ccc(OC)c([C@@H](C)NC(=O)C2CCN(c3ccc(C(F)(F)F)cc3[N+](=O)[O-])CC2)c1. The number of nitro groups is 1. The maximum absolute atomic E-state index is 13.0. The van der Waals surface area contributed by atoms with Crippen molar-refractivity contribution in [3.8, 4) is 11.5 Å².